The van der Waals surface area contributed by atoms with Crippen LogP contribution in [-0.2, 0) is 14.9 Å². The largest absolute Gasteiger partial charge is 0.387 e. The first-order valence-corrected chi connectivity index (χ1v) is 24.1. The van der Waals surface area contributed by atoms with Gasteiger partial charge in [-0.1, -0.05) is 224 Å². The molecule has 0 aromatic rings. The Bertz CT molecular complexity index is 919. The third-order valence-corrected chi connectivity index (χ3v) is 11.2. The highest BCUT2D eigenvalue weighted by atomic mass is 32.2. The van der Waals surface area contributed by atoms with Gasteiger partial charge in [0.15, 0.2) is 0 Å². The Morgan fingerprint density at radius 2 is 0.827 bits per heavy atom. The maximum Gasteiger partial charge on any atom is 0.267 e. The molecule has 0 fully saturated rings. The molecule has 0 saturated heterocycles. The van der Waals surface area contributed by atoms with Crippen molar-refractivity contribution >= 4 is 16.0 Å². The SMILES string of the molecule is CCCCCCCCCCCCCCC/C=C/CC/C=C/C(O)C(CS(=O)(=O)O)NC(=O)CCCCCCCCCCCCCCCCCCCC. The molecule has 0 aliphatic heterocycles. The van der Waals surface area contributed by atoms with Crippen molar-refractivity contribution in [3.05, 3.63) is 24.3 Å². The van der Waals surface area contributed by atoms with Crippen molar-refractivity contribution in [1.29, 1.82) is 0 Å². The highest BCUT2D eigenvalue weighted by molar-refractivity contribution is 7.85. The highest BCUT2D eigenvalue weighted by Gasteiger charge is 2.24. The molecule has 1 amide bonds. The summed E-state index contributed by atoms with van der Waals surface area (Å²) in [6.45, 7) is 4.54. The topological polar surface area (TPSA) is 104 Å². The summed E-state index contributed by atoms with van der Waals surface area (Å²) in [7, 11) is -4.35. The molecule has 0 bridgehead atoms. The molecule has 0 aromatic heterocycles. The van der Waals surface area contributed by atoms with Gasteiger partial charge < -0.3 is 10.4 Å². The van der Waals surface area contributed by atoms with E-state index in [-0.39, 0.29) is 5.91 Å². The lowest BCUT2D eigenvalue weighted by molar-refractivity contribution is -0.122. The zero-order valence-corrected chi connectivity index (χ0v) is 35.3. The van der Waals surface area contributed by atoms with Gasteiger partial charge in [0.1, 0.15) is 0 Å². The molecule has 0 aliphatic carbocycles. The monoisotopic (exact) mass is 754 g/mol. The Kier molecular flexibility index (Phi) is 38.6. The number of carbonyl (C=O) groups excluding carboxylic acids is 1. The number of hydrogen-bond acceptors (Lipinski definition) is 4. The van der Waals surface area contributed by atoms with Crippen molar-refractivity contribution in [2.45, 2.75) is 251 Å². The molecule has 0 aliphatic rings. The predicted molar refractivity (Wildman–Crippen MR) is 226 cm³/mol. The van der Waals surface area contributed by atoms with Crippen molar-refractivity contribution in [2.75, 3.05) is 5.75 Å². The van der Waals surface area contributed by atoms with Crippen molar-refractivity contribution < 1.29 is 22.9 Å². The van der Waals surface area contributed by atoms with Crippen LogP contribution in [-0.4, -0.2) is 41.9 Å². The Morgan fingerprint density at radius 3 is 1.21 bits per heavy atom. The van der Waals surface area contributed by atoms with Crippen LogP contribution in [0.1, 0.15) is 239 Å². The maximum atomic E-state index is 12.5. The van der Waals surface area contributed by atoms with Gasteiger partial charge in [0.2, 0.25) is 5.91 Å². The number of aliphatic hydroxyl groups excluding tert-OH is 1. The number of allylic oxidation sites excluding steroid dienone is 3. The van der Waals surface area contributed by atoms with Gasteiger partial charge >= 0.3 is 0 Å². The van der Waals surface area contributed by atoms with Gasteiger partial charge in [-0.2, -0.15) is 8.42 Å². The second-order valence-electron chi connectivity index (χ2n) is 15.7. The molecule has 2 atom stereocenters. The predicted octanol–water partition coefficient (Wildman–Crippen LogP) is 13.5. The minimum atomic E-state index is -4.35. The first kappa shape index (κ1) is 50.8. The molecule has 0 saturated carbocycles. The maximum absolute atomic E-state index is 12.5. The molecule has 2 unspecified atom stereocenters. The van der Waals surface area contributed by atoms with Crippen molar-refractivity contribution in [2.24, 2.45) is 0 Å². The van der Waals surface area contributed by atoms with Crippen LogP contribution >= 0.6 is 0 Å². The number of nitrogens with one attached hydrogen (secondary N) is 1. The van der Waals surface area contributed by atoms with Gasteiger partial charge in [0.05, 0.1) is 17.9 Å². The van der Waals surface area contributed by atoms with Crippen molar-refractivity contribution in [1.82, 2.24) is 5.32 Å². The number of unbranched alkanes of at least 4 members (excludes halogenated alkanes) is 31. The average molecular weight is 754 g/mol. The Balaban J connectivity index is 3.89. The van der Waals surface area contributed by atoms with E-state index >= 15 is 0 Å². The summed E-state index contributed by atoms with van der Waals surface area (Å²) in [5, 5.41) is 13.2. The lowest BCUT2D eigenvalue weighted by atomic mass is 10.0. The van der Waals surface area contributed by atoms with Crippen LogP contribution in [0, 0.1) is 0 Å². The van der Waals surface area contributed by atoms with E-state index in [2.05, 4.69) is 31.3 Å². The van der Waals surface area contributed by atoms with Crippen LogP contribution < -0.4 is 5.32 Å². The molecular weight excluding hydrogens is 667 g/mol. The molecule has 52 heavy (non-hydrogen) atoms. The summed E-state index contributed by atoms with van der Waals surface area (Å²) >= 11 is 0. The Morgan fingerprint density at radius 1 is 0.500 bits per heavy atom. The fourth-order valence-corrected chi connectivity index (χ4v) is 7.73. The van der Waals surface area contributed by atoms with Gasteiger partial charge in [-0.15, -0.1) is 0 Å². The van der Waals surface area contributed by atoms with Crippen LogP contribution in [0.15, 0.2) is 24.3 Å². The van der Waals surface area contributed by atoms with Gasteiger partial charge in [-0.3, -0.25) is 9.35 Å². The molecule has 0 rings (SSSR count). The molecule has 0 radical (unpaired) electrons. The number of amides is 1. The van der Waals surface area contributed by atoms with E-state index in [1.54, 1.807) is 0 Å². The normalized spacial score (nSPS) is 13.4. The third-order valence-electron chi connectivity index (χ3n) is 10.4. The highest BCUT2D eigenvalue weighted by Crippen LogP contribution is 2.16. The van der Waals surface area contributed by atoms with E-state index in [9.17, 15) is 22.9 Å². The van der Waals surface area contributed by atoms with Gasteiger partial charge in [0.25, 0.3) is 10.1 Å². The summed E-state index contributed by atoms with van der Waals surface area (Å²) in [5.74, 6) is -0.990. The standard InChI is InChI=1S/C45H87NO5S/c1-3-5-7-9-11-13-15-17-19-21-23-24-26-28-30-32-34-36-38-40-44(47)43(42-52(49,50)51)46-45(48)41-39-37-35-33-31-29-27-25-22-20-18-16-14-12-10-8-6-4-2/h30,32,38,40,43-44,47H,3-29,31,33-37,39,41-42H2,1-2H3,(H,46,48)(H,49,50,51)/b32-30+,40-38+. The first-order valence-electron chi connectivity index (χ1n) is 22.5. The van der Waals surface area contributed by atoms with E-state index < -0.39 is 28.0 Å². The van der Waals surface area contributed by atoms with E-state index in [1.165, 1.54) is 186 Å². The summed E-state index contributed by atoms with van der Waals surface area (Å²) in [4.78, 5) is 12.5. The summed E-state index contributed by atoms with van der Waals surface area (Å²) in [6.07, 6.45) is 50.3. The number of hydrogen-bond donors (Lipinski definition) is 3. The van der Waals surface area contributed by atoms with Crippen LogP contribution in [0.2, 0.25) is 0 Å². The molecule has 6 nitrogen and oxygen atoms in total. The molecule has 3 N–H and O–H groups in total. The molecule has 0 spiro atoms. The summed E-state index contributed by atoms with van der Waals surface area (Å²) in [6, 6.07) is -1.07. The molecule has 0 aromatic carbocycles. The van der Waals surface area contributed by atoms with Gasteiger partial charge in [-0.25, -0.2) is 0 Å². The minimum Gasteiger partial charge on any atom is -0.387 e. The second-order valence-corrected chi connectivity index (χ2v) is 17.2. The summed E-state index contributed by atoms with van der Waals surface area (Å²) in [5.41, 5.74) is 0. The first-order chi connectivity index (χ1) is 25.3. The van der Waals surface area contributed by atoms with Crippen LogP contribution in [0.4, 0.5) is 0 Å². The van der Waals surface area contributed by atoms with Gasteiger partial charge in [0, 0.05) is 6.42 Å². The average Bonchev–Trinajstić information content (AvgIpc) is 3.11. The van der Waals surface area contributed by atoms with Gasteiger partial charge in [-0.05, 0) is 32.1 Å². The lowest BCUT2D eigenvalue weighted by Gasteiger charge is -2.21. The Labute approximate surface area is 324 Å². The van der Waals surface area contributed by atoms with Crippen molar-refractivity contribution in [3.8, 4) is 0 Å². The third kappa shape index (κ3) is 40.0. The number of carbonyl (C=O) groups is 1. The smallest absolute Gasteiger partial charge is 0.267 e. The van der Waals surface area contributed by atoms with E-state index in [4.69, 9.17) is 0 Å². The van der Waals surface area contributed by atoms with E-state index in [1.807, 2.05) is 6.08 Å². The fourth-order valence-electron chi connectivity index (χ4n) is 7.00. The number of rotatable bonds is 41. The van der Waals surface area contributed by atoms with Crippen LogP contribution in [0.3, 0.4) is 0 Å². The van der Waals surface area contributed by atoms with E-state index in [0.717, 1.165) is 38.5 Å². The minimum absolute atomic E-state index is 0.284. The van der Waals surface area contributed by atoms with E-state index in [0.29, 0.717) is 6.42 Å². The molecule has 7 heteroatoms. The molecule has 0 heterocycles. The van der Waals surface area contributed by atoms with Crippen LogP contribution in [0.25, 0.3) is 0 Å². The lowest BCUT2D eigenvalue weighted by Crippen LogP contribution is -2.46. The molecular formula is C45H87NO5S. The summed E-state index contributed by atoms with van der Waals surface area (Å²) < 4.78 is 32.5. The zero-order valence-electron chi connectivity index (χ0n) is 34.4. The fraction of sp³-hybridized carbons (Fsp3) is 0.889. The van der Waals surface area contributed by atoms with Crippen molar-refractivity contribution in [3.63, 3.8) is 0 Å². The zero-order chi connectivity index (χ0) is 38.2. The molecule has 308 valence electrons. The van der Waals surface area contributed by atoms with Crippen LogP contribution in [0.5, 0.6) is 0 Å². The number of aliphatic hydroxyl groups is 1. The second kappa shape index (κ2) is 39.5. The Hall–Kier alpha value is -1.18. The quantitative estimate of drug-likeness (QED) is 0.0328.